The minimum absolute atomic E-state index is 0.0501. The van der Waals surface area contributed by atoms with Gasteiger partial charge in [-0.2, -0.15) is 0 Å². The molecule has 0 radical (unpaired) electrons. The monoisotopic (exact) mass is 287 g/mol. The van der Waals surface area contributed by atoms with E-state index in [-0.39, 0.29) is 17.3 Å². The molecule has 1 fully saturated rings. The van der Waals surface area contributed by atoms with Crippen molar-refractivity contribution in [1.29, 1.82) is 0 Å². The molecule has 2 unspecified atom stereocenters. The Morgan fingerprint density at radius 1 is 1.37 bits per heavy atom. The molecular formula is C14H25NO3S. The number of hydrogen-bond acceptors (Lipinski definition) is 4. The maximum absolute atomic E-state index is 12.1. The van der Waals surface area contributed by atoms with E-state index in [0.717, 1.165) is 12.8 Å². The van der Waals surface area contributed by atoms with E-state index in [4.69, 9.17) is 4.74 Å². The number of ether oxygens (including phenoxy) is 1. The molecule has 2 atom stereocenters. The second-order valence-electron chi connectivity index (χ2n) is 5.26. The molecule has 0 aliphatic carbocycles. The zero-order valence-electron chi connectivity index (χ0n) is 12.3. The number of amides is 1. The largest absolute Gasteiger partial charge is 0.464 e. The Bertz CT molecular complexity index is 320. The highest BCUT2D eigenvalue weighted by Crippen LogP contribution is 2.34. The van der Waals surface area contributed by atoms with E-state index < -0.39 is 6.04 Å². The van der Waals surface area contributed by atoms with E-state index >= 15 is 0 Å². The van der Waals surface area contributed by atoms with Crippen molar-refractivity contribution in [3.63, 3.8) is 0 Å². The molecule has 0 spiro atoms. The molecule has 0 bridgehead atoms. The van der Waals surface area contributed by atoms with Gasteiger partial charge in [0.15, 0.2) is 0 Å². The molecule has 1 rings (SSSR count). The molecule has 1 amide bonds. The van der Waals surface area contributed by atoms with Crippen LogP contribution < -0.4 is 0 Å². The number of rotatable bonds is 6. The van der Waals surface area contributed by atoms with Crippen LogP contribution in [0.2, 0.25) is 0 Å². The van der Waals surface area contributed by atoms with E-state index in [1.54, 1.807) is 16.7 Å². The van der Waals surface area contributed by atoms with Crippen molar-refractivity contribution in [2.24, 2.45) is 5.92 Å². The Labute approximate surface area is 120 Å². The fourth-order valence-corrected chi connectivity index (χ4v) is 3.79. The quantitative estimate of drug-likeness (QED) is 0.705. The molecule has 5 heteroatoms. The summed E-state index contributed by atoms with van der Waals surface area (Å²) in [7, 11) is 0. The minimum atomic E-state index is -0.396. The summed E-state index contributed by atoms with van der Waals surface area (Å²) in [6.07, 6.45) is 2.17. The van der Waals surface area contributed by atoms with Gasteiger partial charge in [0, 0.05) is 12.2 Å². The molecule has 110 valence electrons. The van der Waals surface area contributed by atoms with Crippen molar-refractivity contribution in [2.45, 2.75) is 58.4 Å². The lowest BCUT2D eigenvalue weighted by Crippen LogP contribution is -2.46. The summed E-state index contributed by atoms with van der Waals surface area (Å²) in [5, 5.41) is 0.117. The summed E-state index contributed by atoms with van der Waals surface area (Å²) in [4.78, 5) is 25.9. The zero-order chi connectivity index (χ0) is 14.4. The van der Waals surface area contributed by atoms with Gasteiger partial charge >= 0.3 is 5.97 Å². The Morgan fingerprint density at radius 2 is 2.05 bits per heavy atom. The van der Waals surface area contributed by atoms with Gasteiger partial charge in [0.2, 0.25) is 5.91 Å². The van der Waals surface area contributed by atoms with Gasteiger partial charge in [-0.15, -0.1) is 11.8 Å². The first kappa shape index (κ1) is 16.3. The average molecular weight is 287 g/mol. The van der Waals surface area contributed by atoms with E-state index in [9.17, 15) is 9.59 Å². The minimum Gasteiger partial charge on any atom is -0.464 e. The highest BCUT2D eigenvalue weighted by molar-refractivity contribution is 8.00. The predicted octanol–water partition coefficient (Wildman–Crippen LogP) is 2.67. The lowest BCUT2D eigenvalue weighted by molar-refractivity contribution is -0.154. The topological polar surface area (TPSA) is 46.6 Å². The van der Waals surface area contributed by atoms with E-state index in [1.165, 1.54) is 0 Å². The number of carbonyl (C=O) groups is 2. The van der Waals surface area contributed by atoms with Crippen molar-refractivity contribution in [1.82, 2.24) is 4.90 Å². The van der Waals surface area contributed by atoms with E-state index in [1.807, 2.05) is 13.8 Å². The lowest BCUT2D eigenvalue weighted by Gasteiger charge is -2.29. The maximum atomic E-state index is 12.1. The summed E-state index contributed by atoms with van der Waals surface area (Å²) in [5.41, 5.74) is 0. The van der Waals surface area contributed by atoms with Crippen molar-refractivity contribution in [2.75, 3.05) is 12.4 Å². The second-order valence-corrected chi connectivity index (χ2v) is 6.47. The van der Waals surface area contributed by atoms with Crippen molar-refractivity contribution < 1.29 is 14.3 Å². The van der Waals surface area contributed by atoms with Crippen molar-refractivity contribution >= 4 is 23.6 Å². The van der Waals surface area contributed by atoms with Crippen molar-refractivity contribution in [3.8, 4) is 0 Å². The fourth-order valence-electron chi connectivity index (χ4n) is 2.15. The van der Waals surface area contributed by atoms with Crippen LogP contribution >= 0.6 is 11.8 Å². The van der Waals surface area contributed by atoms with Crippen LogP contribution in [0.3, 0.4) is 0 Å². The van der Waals surface area contributed by atoms with E-state index in [0.29, 0.717) is 24.7 Å². The summed E-state index contributed by atoms with van der Waals surface area (Å²) in [5.74, 6) is 0.970. The van der Waals surface area contributed by atoms with Gasteiger partial charge in [-0.25, -0.2) is 4.79 Å². The molecule has 0 N–H and O–H groups in total. The molecule has 19 heavy (non-hydrogen) atoms. The Hall–Kier alpha value is -0.710. The average Bonchev–Trinajstić information content (AvgIpc) is 2.77. The molecule has 0 aromatic heterocycles. The lowest BCUT2D eigenvalue weighted by atomic mass is 10.1. The maximum Gasteiger partial charge on any atom is 0.329 e. The SMILES string of the molecule is CCCOC(=O)C1CSC(CC(C)C)N1C(=O)CC. The Balaban J connectivity index is 2.75. The van der Waals surface area contributed by atoms with Gasteiger partial charge in [0.05, 0.1) is 12.0 Å². The fraction of sp³-hybridized carbons (Fsp3) is 0.857. The van der Waals surface area contributed by atoms with Crippen LogP contribution in [-0.4, -0.2) is 40.6 Å². The summed E-state index contributed by atoms with van der Waals surface area (Å²) in [6.45, 7) is 8.51. The molecule has 0 aromatic rings. The Kier molecular flexibility index (Phi) is 6.69. The number of esters is 1. The number of carbonyl (C=O) groups excluding carboxylic acids is 2. The van der Waals surface area contributed by atoms with Crippen LogP contribution in [0.1, 0.15) is 47.0 Å². The van der Waals surface area contributed by atoms with Gasteiger partial charge in [0.25, 0.3) is 0 Å². The molecule has 1 aliphatic rings. The van der Waals surface area contributed by atoms with Crippen LogP contribution in [-0.2, 0) is 14.3 Å². The van der Waals surface area contributed by atoms with Crippen LogP contribution in [0.4, 0.5) is 0 Å². The van der Waals surface area contributed by atoms with Crippen molar-refractivity contribution in [3.05, 3.63) is 0 Å². The van der Waals surface area contributed by atoms with Gasteiger partial charge in [-0.1, -0.05) is 27.7 Å². The normalized spacial score (nSPS) is 22.9. The summed E-state index contributed by atoms with van der Waals surface area (Å²) >= 11 is 1.70. The van der Waals surface area contributed by atoms with Gasteiger partial charge < -0.3 is 9.64 Å². The summed E-state index contributed by atoms with van der Waals surface area (Å²) < 4.78 is 5.21. The molecular weight excluding hydrogens is 262 g/mol. The number of hydrogen-bond donors (Lipinski definition) is 0. The first-order chi connectivity index (χ1) is 9.01. The molecule has 1 saturated heterocycles. The number of nitrogens with zero attached hydrogens (tertiary/aromatic N) is 1. The first-order valence-electron chi connectivity index (χ1n) is 7.10. The molecule has 4 nitrogen and oxygen atoms in total. The first-order valence-corrected chi connectivity index (χ1v) is 8.15. The highest BCUT2D eigenvalue weighted by atomic mass is 32.2. The van der Waals surface area contributed by atoms with E-state index in [2.05, 4.69) is 13.8 Å². The van der Waals surface area contributed by atoms with Crippen LogP contribution in [0, 0.1) is 5.92 Å². The molecule has 0 saturated carbocycles. The highest BCUT2D eigenvalue weighted by Gasteiger charge is 2.41. The standard InChI is InChI=1S/C14H25NO3S/c1-5-7-18-14(17)11-9-19-13(8-10(3)4)15(11)12(16)6-2/h10-11,13H,5-9H2,1-4H3. The summed E-state index contributed by atoms with van der Waals surface area (Å²) in [6, 6.07) is -0.396. The van der Waals surface area contributed by atoms with Crippen LogP contribution in [0.15, 0.2) is 0 Å². The van der Waals surface area contributed by atoms with Crippen LogP contribution in [0.25, 0.3) is 0 Å². The third-order valence-corrected chi connectivity index (χ3v) is 4.39. The van der Waals surface area contributed by atoms with Gasteiger partial charge in [0.1, 0.15) is 6.04 Å². The van der Waals surface area contributed by atoms with Gasteiger partial charge in [-0.05, 0) is 18.8 Å². The number of thioether (sulfide) groups is 1. The third-order valence-electron chi connectivity index (χ3n) is 3.08. The third kappa shape index (κ3) is 4.41. The smallest absolute Gasteiger partial charge is 0.329 e. The predicted molar refractivity (Wildman–Crippen MR) is 77.9 cm³/mol. The van der Waals surface area contributed by atoms with Crippen LogP contribution in [0.5, 0.6) is 0 Å². The molecule has 1 heterocycles. The Morgan fingerprint density at radius 3 is 2.58 bits per heavy atom. The second kappa shape index (κ2) is 7.78. The van der Waals surface area contributed by atoms with Gasteiger partial charge in [-0.3, -0.25) is 4.79 Å². The molecule has 0 aromatic carbocycles. The molecule has 1 aliphatic heterocycles. The zero-order valence-corrected chi connectivity index (χ0v) is 13.2.